The number of para-hydroxylation sites is 1. The number of fused-ring (bicyclic) bond motifs is 1. The van der Waals surface area contributed by atoms with Gasteiger partial charge in [-0.2, -0.15) is 10.1 Å². The molecule has 0 radical (unpaired) electrons. The van der Waals surface area contributed by atoms with Crippen LogP contribution in [0.3, 0.4) is 0 Å². The van der Waals surface area contributed by atoms with Gasteiger partial charge in [-0.1, -0.05) is 37.2 Å². The maximum Gasteiger partial charge on any atom is 0.248 e. The van der Waals surface area contributed by atoms with Gasteiger partial charge in [-0.05, 0) is 12.0 Å². The molecule has 7 nitrogen and oxygen atoms in total. The van der Waals surface area contributed by atoms with Crippen molar-refractivity contribution in [3.8, 4) is 17.1 Å². The summed E-state index contributed by atoms with van der Waals surface area (Å²) in [6.07, 6.45) is 1.93. The summed E-state index contributed by atoms with van der Waals surface area (Å²) in [7, 11) is 1.90. The van der Waals surface area contributed by atoms with Gasteiger partial charge in [-0.15, -0.1) is 0 Å². The Bertz CT molecular complexity index is 883. The minimum Gasteiger partial charge on any atom is -0.492 e. The van der Waals surface area contributed by atoms with Crippen molar-refractivity contribution in [2.75, 3.05) is 13.2 Å². The molecule has 1 aliphatic heterocycles. The molecular formula is C18H21N5O2. The van der Waals surface area contributed by atoms with E-state index < -0.39 is 0 Å². The molecule has 1 atom stereocenters. The second-order valence-corrected chi connectivity index (χ2v) is 6.49. The van der Waals surface area contributed by atoms with Gasteiger partial charge in [0.2, 0.25) is 11.7 Å². The summed E-state index contributed by atoms with van der Waals surface area (Å²) in [4.78, 5) is 4.65. The molecule has 3 aromatic rings. The summed E-state index contributed by atoms with van der Waals surface area (Å²) in [5.41, 5.74) is 2.88. The van der Waals surface area contributed by atoms with Crippen molar-refractivity contribution in [1.82, 2.24) is 25.2 Å². The predicted octanol–water partition coefficient (Wildman–Crippen LogP) is 2.66. The number of hydrogen-bond donors (Lipinski definition) is 1. The SMILES string of the molecule is CC(C)c1nn(C)cc1-c1noc(C2NCCOc3ccccc32)n1. The van der Waals surface area contributed by atoms with Crippen molar-refractivity contribution in [1.29, 1.82) is 0 Å². The summed E-state index contributed by atoms with van der Waals surface area (Å²) in [6, 6.07) is 7.75. The van der Waals surface area contributed by atoms with E-state index in [0.29, 0.717) is 24.9 Å². The molecule has 130 valence electrons. The Morgan fingerprint density at radius 1 is 1.28 bits per heavy atom. The molecule has 1 N–H and O–H groups in total. The first-order chi connectivity index (χ1) is 12.1. The van der Waals surface area contributed by atoms with Crippen molar-refractivity contribution in [2.45, 2.75) is 25.8 Å². The van der Waals surface area contributed by atoms with Crippen LogP contribution < -0.4 is 10.1 Å². The number of aromatic nitrogens is 4. The van der Waals surface area contributed by atoms with Gasteiger partial charge in [0.15, 0.2) is 0 Å². The molecule has 25 heavy (non-hydrogen) atoms. The van der Waals surface area contributed by atoms with E-state index >= 15 is 0 Å². The molecule has 1 aliphatic rings. The Morgan fingerprint density at radius 3 is 2.96 bits per heavy atom. The largest absolute Gasteiger partial charge is 0.492 e. The van der Waals surface area contributed by atoms with Crippen LogP contribution in [0.2, 0.25) is 0 Å². The van der Waals surface area contributed by atoms with Crippen molar-refractivity contribution in [3.05, 3.63) is 47.6 Å². The average Bonchev–Trinajstić information content (AvgIpc) is 3.17. The van der Waals surface area contributed by atoms with Crippen molar-refractivity contribution in [3.63, 3.8) is 0 Å². The van der Waals surface area contributed by atoms with Gasteiger partial charge in [-0.25, -0.2) is 0 Å². The molecule has 1 unspecified atom stereocenters. The van der Waals surface area contributed by atoms with Crippen molar-refractivity contribution >= 4 is 0 Å². The maximum absolute atomic E-state index is 5.78. The molecule has 0 amide bonds. The highest BCUT2D eigenvalue weighted by Gasteiger charge is 2.27. The smallest absolute Gasteiger partial charge is 0.248 e. The Balaban J connectivity index is 1.73. The highest BCUT2D eigenvalue weighted by molar-refractivity contribution is 5.57. The van der Waals surface area contributed by atoms with E-state index in [2.05, 4.69) is 34.4 Å². The highest BCUT2D eigenvalue weighted by Crippen LogP contribution is 2.32. The summed E-state index contributed by atoms with van der Waals surface area (Å²) >= 11 is 0. The lowest BCUT2D eigenvalue weighted by Crippen LogP contribution is -2.24. The first-order valence-corrected chi connectivity index (χ1v) is 8.46. The number of rotatable bonds is 3. The summed E-state index contributed by atoms with van der Waals surface area (Å²) < 4.78 is 13.2. The zero-order chi connectivity index (χ0) is 17.4. The molecule has 0 fully saturated rings. The van der Waals surface area contributed by atoms with Crippen LogP contribution in [0.1, 0.15) is 43.0 Å². The minimum atomic E-state index is -0.181. The Hall–Kier alpha value is -2.67. The fourth-order valence-corrected chi connectivity index (χ4v) is 3.11. The molecule has 3 heterocycles. The third-order valence-electron chi connectivity index (χ3n) is 4.27. The van der Waals surface area contributed by atoms with Crippen LogP contribution in [0.4, 0.5) is 0 Å². The lowest BCUT2D eigenvalue weighted by Gasteiger charge is -2.12. The molecule has 4 rings (SSSR count). The number of nitrogens with one attached hydrogen (secondary N) is 1. The molecule has 1 aromatic carbocycles. The average molecular weight is 339 g/mol. The molecule has 0 saturated heterocycles. The number of nitrogens with zero attached hydrogens (tertiary/aromatic N) is 4. The lowest BCUT2D eigenvalue weighted by molar-refractivity contribution is 0.320. The molecule has 0 saturated carbocycles. The molecule has 7 heteroatoms. The van der Waals surface area contributed by atoms with Crippen molar-refractivity contribution in [2.24, 2.45) is 7.05 Å². The minimum absolute atomic E-state index is 0.181. The third kappa shape index (κ3) is 2.91. The van der Waals surface area contributed by atoms with E-state index in [1.165, 1.54) is 0 Å². The van der Waals surface area contributed by atoms with Crippen LogP contribution in [-0.2, 0) is 7.05 Å². The van der Waals surface area contributed by atoms with Gasteiger partial charge >= 0.3 is 0 Å². The van der Waals surface area contributed by atoms with E-state index in [1.807, 2.05) is 37.5 Å². The molecule has 2 aromatic heterocycles. The van der Waals surface area contributed by atoms with Gasteiger partial charge in [0.05, 0.1) is 11.3 Å². The van der Waals surface area contributed by atoms with Crippen LogP contribution >= 0.6 is 0 Å². The van der Waals surface area contributed by atoms with Crippen molar-refractivity contribution < 1.29 is 9.26 Å². The van der Waals surface area contributed by atoms with Crippen LogP contribution in [0.5, 0.6) is 5.75 Å². The summed E-state index contributed by atoms with van der Waals surface area (Å²) in [6.45, 7) is 5.52. The van der Waals surface area contributed by atoms with E-state index in [9.17, 15) is 0 Å². The van der Waals surface area contributed by atoms with Gasteiger partial charge in [0.25, 0.3) is 0 Å². The standard InChI is InChI=1S/C18H21N5O2/c1-11(2)15-13(10-23(3)21-15)17-20-18(25-22-17)16-12-6-4-5-7-14(12)24-9-8-19-16/h4-7,10-11,16,19H,8-9H2,1-3H3. The quantitative estimate of drug-likeness (QED) is 0.790. The van der Waals surface area contributed by atoms with Crippen LogP contribution in [0.25, 0.3) is 11.4 Å². The Morgan fingerprint density at radius 2 is 2.12 bits per heavy atom. The monoisotopic (exact) mass is 339 g/mol. The van der Waals surface area contributed by atoms with Gasteiger partial charge in [0.1, 0.15) is 18.4 Å². The second-order valence-electron chi connectivity index (χ2n) is 6.49. The zero-order valence-electron chi connectivity index (χ0n) is 14.6. The molecule has 0 aliphatic carbocycles. The van der Waals surface area contributed by atoms with Crippen LogP contribution in [0, 0.1) is 0 Å². The van der Waals surface area contributed by atoms with E-state index in [-0.39, 0.29) is 12.0 Å². The summed E-state index contributed by atoms with van der Waals surface area (Å²) in [5, 5.41) is 12.1. The third-order valence-corrected chi connectivity index (χ3v) is 4.27. The fraction of sp³-hybridized carbons (Fsp3) is 0.389. The zero-order valence-corrected chi connectivity index (χ0v) is 14.6. The number of ether oxygens (including phenoxy) is 1. The first kappa shape index (κ1) is 15.8. The molecular weight excluding hydrogens is 318 g/mol. The fourth-order valence-electron chi connectivity index (χ4n) is 3.11. The normalized spacial score (nSPS) is 17.2. The number of benzene rings is 1. The Kier molecular flexibility index (Phi) is 4.01. The topological polar surface area (TPSA) is 78.0 Å². The molecule has 0 spiro atoms. The van der Waals surface area contributed by atoms with Crippen LogP contribution in [0.15, 0.2) is 35.0 Å². The van der Waals surface area contributed by atoms with Gasteiger partial charge < -0.3 is 9.26 Å². The first-order valence-electron chi connectivity index (χ1n) is 8.46. The summed E-state index contributed by atoms with van der Waals surface area (Å²) in [5.74, 6) is 2.23. The van der Waals surface area contributed by atoms with Gasteiger partial charge in [0, 0.05) is 25.4 Å². The maximum atomic E-state index is 5.78. The number of aryl methyl sites for hydroxylation is 1. The Labute approximate surface area is 146 Å². The van der Waals surface area contributed by atoms with E-state index in [0.717, 1.165) is 22.6 Å². The van der Waals surface area contributed by atoms with Gasteiger partial charge in [-0.3, -0.25) is 10.00 Å². The highest BCUT2D eigenvalue weighted by atomic mass is 16.5. The predicted molar refractivity (Wildman–Crippen MR) is 92.4 cm³/mol. The lowest BCUT2D eigenvalue weighted by atomic mass is 10.1. The second kappa shape index (κ2) is 6.33. The van der Waals surface area contributed by atoms with E-state index in [1.54, 1.807) is 4.68 Å². The molecule has 0 bridgehead atoms. The van der Waals surface area contributed by atoms with Crippen LogP contribution in [-0.4, -0.2) is 33.1 Å². The number of hydrogen-bond acceptors (Lipinski definition) is 6. The van der Waals surface area contributed by atoms with E-state index in [4.69, 9.17) is 9.26 Å².